The molecule has 1 aliphatic rings. The summed E-state index contributed by atoms with van der Waals surface area (Å²) in [6.45, 7) is 5.51. The Morgan fingerprint density at radius 1 is 1.47 bits per heavy atom. The van der Waals surface area contributed by atoms with Gasteiger partial charge in [-0.15, -0.1) is 0 Å². The van der Waals surface area contributed by atoms with Gasteiger partial charge >= 0.3 is 6.09 Å². The summed E-state index contributed by atoms with van der Waals surface area (Å²) in [6, 6.07) is 2.83. The fraction of sp³-hybridized carbons (Fsp3) is 0.571. The molecule has 8 nitrogen and oxygen atoms in total. The number of aliphatic hydroxyl groups is 1. The van der Waals surface area contributed by atoms with E-state index in [0.29, 0.717) is 18.4 Å². The van der Waals surface area contributed by atoms with Crippen LogP contribution in [-0.2, 0) is 11.1 Å². The first kappa shape index (κ1) is 20.7. The standard InChI is InChI=1S/C21H28FN3O5/c1-21(2,3)25(20(27)28)12-5-7-17(30-11-12)16(26)9-13-14(22)10-23-15-6-8-18(29-4)24-19(13)15/h6,8,10,12,16-17,26H,5,7,9,11H2,1-4H3,(H,27,28)/t12-,16?,17+/m1/s1/i9D/t9-,12+,16?,17-/m0. The van der Waals surface area contributed by atoms with Crippen molar-refractivity contribution in [3.05, 3.63) is 29.7 Å². The van der Waals surface area contributed by atoms with E-state index in [1.54, 1.807) is 32.9 Å². The normalized spacial score (nSPS) is 22.3. The Kier molecular flexibility index (Phi) is 6.01. The van der Waals surface area contributed by atoms with Crippen LogP contribution in [0.5, 0.6) is 5.88 Å². The van der Waals surface area contributed by atoms with Crippen LogP contribution in [0.3, 0.4) is 0 Å². The highest BCUT2D eigenvalue weighted by Gasteiger charge is 2.37. The zero-order valence-corrected chi connectivity index (χ0v) is 17.5. The average Bonchev–Trinajstić information content (AvgIpc) is 2.71. The van der Waals surface area contributed by atoms with Crippen LogP contribution in [0.25, 0.3) is 11.0 Å². The third-order valence-corrected chi connectivity index (χ3v) is 5.19. The second-order valence-electron chi connectivity index (χ2n) is 8.32. The molecule has 9 heteroatoms. The maximum Gasteiger partial charge on any atom is 0.408 e. The van der Waals surface area contributed by atoms with Gasteiger partial charge < -0.3 is 19.7 Å². The van der Waals surface area contributed by atoms with Crippen molar-refractivity contribution in [2.75, 3.05) is 13.7 Å². The first-order chi connectivity index (χ1) is 14.5. The minimum absolute atomic E-state index is 0.0797. The lowest BCUT2D eigenvalue weighted by Crippen LogP contribution is -2.55. The molecule has 4 atom stereocenters. The van der Waals surface area contributed by atoms with E-state index in [1.807, 2.05) is 0 Å². The molecule has 1 saturated heterocycles. The summed E-state index contributed by atoms with van der Waals surface area (Å²) in [6.07, 6.45) is -2.67. The summed E-state index contributed by atoms with van der Waals surface area (Å²) < 4.78 is 34.0. The molecule has 0 spiro atoms. The number of carboxylic acid groups (broad SMARTS) is 1. The highest BCUT2D eigenvalue weighted by molar-refractivity contribution is 5.78. The van der Waals surface area contributed by atoms with Gasteiger partial charge in [0.15, 0.2) is 0 Å². The highest BCUT2D eigenvalue weighted by atomic mass is 19.1. The molecule has 0 aromatic carbocycles. The Bertz CT molecular complexity index is 946. The average molecular weight is 422 g/mol. The molecule has 0 bridgehead atoms. The number of nitrogens with zero attached hydrogens (tertiary/aromatic N) is 3. The van der Waals surface area contributed by atoms with Gasteiger partial charge in [0.1, 0.15) is 5.82 Å². The van der Waals surface area contributed by atoms with Crippen molar-refractivity contribution in [3.8, 4) is 5.88 Å². The minimum atomic E-state index is -1.37. The number of amides is 1. The lowest BCUT2D eigenvalue weighted by Gasteiger charge is -2.43. The summed E-state index contributed by atoms with van der Waals surface area (Å²) in [5, 5.41) is 20.4. The van der Waals surface area contributed by atoms with E-state index >= 15 is 0 Å². The number of methoxy groups -OCH3 is 1. The SMILES string of the molecule is [2H][C@@H](c1c(F)cnc2ccc(OC)nc12)C(O)[C@@H]1CC[C@@H](N(C(=O)O)C(C)(C)C)CO1. The van der Waals surface area contributed by atoms with Crippen LogP contribution in [0, 0.1) is 5.82 Å². The summed E-state index contributed by atoms with van der Waals surface area (Å²) in [5.74, 6) is -0.499. The predicted molar refractivity (Wildman–Crippen MR) is 108 cm³/mol. The lowest BCUT2D eigenvalue weighted by molar-refractivity contribution is -0.0956. The number of hydrogen-bond donors (Lipinski definition) is 2. The number of aliphatic hydroxyl groups excluding tert-OH is 1. The summed E-state index contributed by atoms with van der Waals surface area (Å²) >= 11 is 0. The van der Waals surface area contributed by atoms with E-state index in [2.05, 4.69) is 9.97 Å². The van der Waals surface area contributed by atoms with E-state index in [1.165, 1.54) is 12.0 Å². The van der Waals surface area contributed by atoms with Crippen molar-refractivity contribution >= 4 is 17.1 Å². The minimum Gasteiger partial charge on any atom is -0.481 e. The smallest absolute Gasteiger partial charge is 0.408 e. The number of aromatic nitrogens is 2. The Morgan fingerprint density at radius 3 is 2.77 bits per heavy atom. The van der Waals surface area contributed by atoms with Crippen molar-refractivity contribution in [3.63, 3.8) is 0 Å². The maximum atomic E-state index is 14.6. The number of pyridine rings is 2. The van der Waals surface area contributed by atoms with E-state index < -0.39 is 36.1 Å². The molecule has 2 N–H and O–H groups in total. The first-order valence-corrected chi connectivity index (χ1v) is 9.78. The summed E-state index contributed by atoms with van der Waals surface area (Å²) in [7, 11) is 1.43. The molecule has 1 aliphatic heterocycles. The Labute approximate surface area is 176 Å². The molecular weight excluding hydrogens is 393 g/mol. The predicted octanol–water partition coefficient (Wildman–Crippen LogP) is 3.01. The summed E-state index contributed by atoms with van der Waals surface area (Å²) in [5.41, 5.74) is -0.151. The molecule has 1 unspecified atom stereocenters. The molecule has 2 aromatic rings. The van der Waals surface area contributed by atoms with E-state index in [4.69, 9.17) is 10.8 Å². The second kappa shape index (κ2) is 8.69. The molecular formula is C21H28FN3O5. The molecule has 2 aromatic heterocycles. The highest BCUT2D eigenvalue weighted by Crippen LogP contribution is 2.28. The van der Waals surface area contributed by atoms with Gasteiger partial charge in [-0.2, -0.15) is 0 Å². The van der Waals surface area contributed by atoms with Crippen LogP contribution in [0.1, 0.15) is 40.5 Å². The number of rotatable bonds is 5. The molecule has 0 radical (unpaired) electrons. The molecule has 0 aliphatic carbocycles. The number of fused-ring (bicyclic) bond motifs is 1. The maximum absolute atomic E-state index is 14.6. The van der Waals surface area contributed by atoms with E-state index in [-0.39, 0.29) is 29.6 Å². The van der Waals surface area contributed by atoms with Crippen molar-refractivity contribution in [2.24, 2.45) is 0 Å². The molecule has 3 heterocycles. The summed E-state index contributed by atoms with van der Waals surface area (Å²) in [4.78, 5) is 21.2. The molecule has 3 rings (SSSR count). The monoisotopic (exact) mass is 422 g/mol. The van der Waals surface area contributed by atoms with Gasteiger partial charge in [-0.25, -0.2) is 14.2 Å². The van der Waals surface area contributed by atoms with Crippen LogP contribution in [0.15, 0.2) is 18.3 Å². The van der Waals surface area contributed by atoms with Crippen molar-refractivity contribution in [1.82, 2.24) is 14.9 Å². The Hall–Kier alpha value is -2.52. The molecule has 30 heavy (non-hydrogen) atoms. The molecule has 0 saturated carbocycles. The number of carbonyl (C=O) groups is 1. The Morgan fingerprint density at radius 2 is 2.20 bits per heavy atom. The van der Waals surface area contributed by atoms with Crippen LogP contribution in [-0.4, -0.2) is 68.7 Å². The van der Waals surface area contributed by atoms with Crippen LogP contribution in [0.4, 0.5) is 9.18 Å². The van der Waals surface area contributed by atoms with Gasteiger partial charge in [-0.3, -0.25) is 9.88 Å². The van der Waals surface area contributed by atoms with Crippen molar-refractivity contribution < 1.29 is 30.2 Å². The number of halogens is 1. The third-order valence-electron chi connectivity index (χ3n) is 5.19. The zero-order valence-electron chi connectivity index (χ0n) is 18.5. The van der Waals surface area contributed by atoms with E-state index in [0.717, 1.165) is 6.20 Å². The lowest BCUT2D eigenvalue weighted by atomic mass is 9.93. The zero-order chi connectivity index (χ0) is 22.9. The van der Waals surface area contributed by atoms with Gasteiger partial charge in [0.25, 0.3) is 0 Å². The number of ether oxygens (including phenoxy) is 2. The molecule has 1 fully saturated rings. The first-order valence-electron chi connectivity index (χ1n) is 10.4. The quantitative estimate of drug-likeness (QED) is 0.763. The van der Waals surface area contributed by atoms with Gasteiger partial charge in [0, 0.05) is 24.9 Å². The van der Waals surface area contributed by atoms with Crippen molar-refractivity contribution in [1.29, 1.82) is 0 Å². The largest absolute Gasteiger partial charge is 0.481 e. The number of hydrogen-bond acceptors (Lipinski definition) is 6. The second-order valence-corrected chi connectivity index (χ2v) is 8.32. The van der Waals surface area contributed by atoms with Crippen molar-refractivity contribution in [2.45, 2.75) is 63.8 Å². The van der Waals surface area contributed by atoms with Crippen LogP contribution in [0.2, 0.25) is 0 Å². The van der Waals surface area contributed by atoms with Crippen LogP contribution >= 0.6 is 0 Å². The molecule has 164 valence electrons. The fourth-order valence-electron chi connectivity index (χ4n) is 3.82. The molecule has 1 amide bonds. The topological polar surface area (TPSA) is 105 Å². The fourth-order valence-corrected chi connectivity index (χ4v) is 3.82. The van der Waals surface area contributed by atoms with E-state index in [9.17, 15) is 19.4 Å². The van der Waals surface area contributed by atoms with Gasteiger partial charge in [0.2, 0.25) is 5.88 Å². The van der Waals surface area contributed by atoms with Crippen LogP contribution < -0.4 is 4.74 Å². The van der Waals surface area contributed by atoms with Gasteiger partial charge in [-0.05, 0) is 39.7 Å². The van der Waals surface area contributed by atoms with Gasteiger partial charge in [-0.1, -0.05) is 0 Å². The van der Waals surface area contributed by atoms with Gasteiger partial charge in [0.05, 0.1) is 49.2 Å². The Balaban J connectivity index is 1.80. The third kappa shape index (κ3) is 4.62.